The molecule has 0 saturated carbocycles. The lowest BCUT2D eigenvalue weighted by Crippen LogP contribution is -2.29. The molecule has 2 rings (SSSR count). The maximum atomic E-state index is 12.0. The zero-order chi connectivity index (χ0) is 13.0. The molecule has 0 bridgehead atoms. The van der Waals surface area contributed by atoms with Gasteiger partial charge >= 0.3 is 0 Å². The van der Waals surface area contributed by atoms with Crippen LogP contribution in [0, 0.1) is 5.92 Å². The van der Waals surface area contributed by atoms with Gasteiger partial charge in [0.25, 0.3) is 0 Å². The van der Waals surface area contributed by atoms with Gasteiger partial charge in [0.05, 0.1) is 0 Å². The van der Waals surface area contributed by atoms with Crippen molar-refractivity contribution in [2.24, 2.45) is 5.92 Å². The molecular weight excluding hydrogens is 250 g/mol. The van der Waals surface area contributed by atoms with Gasteiger partial charge < -0.3 is 10.0 Å². The van der Waals surface area contributed by atoms with E-state index in [9.17, 15) is 4.79 Å². The maximum absolute atomic E-state index is 12.0. The second-order valence-electron chi connectivity index (χ2n) is 4.80. The molecule has 1 aromatic carbocycles. The molecule has 0 radical (unpaired) electrons. The molecule has 1 fully saturated rings. The molecule has 1 atom stereocenters. The van der Waals surface area contributed by atoms with Crippen LogP contribution in [-0.2, 0) is 11.2 Å². The largest absolute Gasteiger partial charge is 0.396 e. The fourth-order valence-corrected chi connectivity index (χ4v) is 2.39. The van der Waals surface area contributed by atoms with Crippen molar-refractivity contribution in [1.29, 1.82) is 0 Å². The summed E-state index contributed by atoms with van der Waals surface area (Å²) >= 11 is 5.81. The number of rotatable bonds is 4. The number of aliphatic hydroxyl groups excluding tert-OH is 1. The highest BCUT2D eigenvalue weighted by Gasteiger charge is 2.24. The lowest BCUT2D eigenvalue weighted by atomic mass is 10.1. The molecule has 0 aliphatic carbocycles. The molecule has 0 spiro atoms. The molecule has 1 unspecified atom stereocenters. The van der Waals surface area contributed by atoms with Crippen LogP contribution in [0.1, 0.15) is 18.4 Å². The summed E-state index contributed by atoms with van der Waals surface area (Å²) in [6.45, 7) is 1.67. The van der Waals surface area contributed by atoms with Gasteiger partial charge in [0.15, 0.2) is 0 Å². The molecule has 1 N–H and O–H groups in total. The minimum atomic E-state index is 0.181. The van der Waals surface area contributed by atoms with Crippen molar-refractivity contribution in [2.75, 3.05) is 19.7 Å². The van der Waals surface area contributed by atoms with Gasteiger partial charge in [-0.1, -0.05) is 23.7 Å². The van der Waals surface area contributed by atoms with Crippen LogP contribution in [-0.4, -0.2) is 35.6 Å². The predicted molar refractivity (Wildman–Crippen MR) is 71.5 cm³/mol. The number of benzene rings is 1. The monoisotopic (exact) mass is 267 g/mol. The summed E-state index contributed by atoms with van der Waals surface area (Å²) in [6.07, 6.45) is 2.19. The normalized spacial score (nSPS) is 19.2. The van der Waals surface area contributed by atoms with Crippen LogP contribution in [0.2, 0.25) is 5.02 Å². The third-order valence-corrected chi connectivity index (χ3v) is 3.69. The van der Waals surface area contributed by atoms with Crippen LogP contribution in [0.4, 0.5) is 0 Å². The van der Waals surface area contributed by atoms with Gasteiger partial charge in [-0.2, -0.15) is 0 Å². The molecule has 1 saturated heterocycles. The van der Waals surface area contributed by atoms with Crippen LogP contribution in [0.25, 0.3) is 0 Å². The number of likely N-dealkylation sites (tertiary alicyclic amines) is 1. The first-order chi connectivity index (χ1) is 8.69. The highest BCUT2D eigenvalue weighted by molar-refractivity contribution is 6.30. The molecule has 1 aliphatic heterocycles. The number of amides is 1. The number of hydrogen-bond acceptors (Lipinski definition) is 2. The first-order valence-electron chi connectivity index (χ1n) is 6.32. The number of aliphatic hydroxyl groups is 1. The van der Waals surface area contributed by atoms with Crippen molar-refractivity contribution in [2.45, 2.75) is 19.3 Å². The van der Waals surface area contributed by atoms with Gasteiger partial charge in [-0.25, -0.2) is 0 Å². The van der Waals surface area contributed by atoms with E-state index in [1.807, 2.05) is 29.2 Å². The van der Waals surface area contributed by atoms with Crippen molar-refractivity contribution in [1.82, 2.24) is 4.90 Å². The Morgan fingerprint density at radius 1 is 1.39 bits per heavy atom. The van der Waals surface area contributed by atoms with Gasteiger partial charge in [-0.15, -0.1) is 0 Å². The Balaban J connectivity index is 1.80. The van der Waals surface area contributed by atoms with Gasteiger partial charge in [-0.05, 0) is 30.5 Å². The Morgan fingerprint density at radius 3 is 2.72 bits per heavy atom. The van der Waals surface area contributed by atoms with Gasteiger partial charge in [0.1, 0.15) is 0 Å². The van der Waals surface area contributed by atoms with Gasteiger partial charge in [0, 0.05) is 37.1 Å². The van der Waals surface area contributed by atoms with E-state index in [1.165, 1.54) is 0 Å². The third-order valence-electron chi connectivity index (χ3n) is 3.44. The number of hydrogen-bond donors (Lipinski definition) is 1. The predicted octanol–water partition coefficient (Wildman–Crippen LogP) is 2.11. The second-order valence-corrected chi connectivity index (χ2v) is 5.24. The first-order valence-corrected chi connectivity index (χ1v) is 6.70. The standard InChI is InChI=1S/C14H18ClNO2/c15-13-4-1-11(2-5-13)3-6-14(18)16-8-7-12(9-16)10-17/h1-2,4-5,12,17H,3,6-10H2. The number of aryl methyl sites for hydroxylation is 1. The van der Waals surface area contributed by atoms with Crippen LogP contribution >= 0.6 is 11.6 Å². The SMILES string of the molecule is O=C(CCc1ccc(Cl)cc1)N1CCC(CO)C1. The lowest BCUT2D eigenvalue weighted by Gasteiger charge is -2.16. The molecule has 1 amide bonds. The van der Waals surface area contributed by atoms with E-state index in [0.29, 0.717) is 13.0 Å². The topological polar surface area (TPSA) is 40.5 Å². The fraction of sp³-hybridized carbons (Fsp3) is 0.500. The Morgan fingerprint density at radius 2 is 2.11 bits per heavy atom. The van der Waals surface area contributed by atoms with Crippen LogP contribution in [0.5, 0.6) is 0 Å². The average Bonchev–Trinajstić information content (AvgIpc) is 2.86. The quantitative estimate of drug-likeness (QED) is 0.908. The zero-order valence-corrected chi connectivity index (χ0v) is 11.1. The summed E-state index contributed by atoms with van der Waals surface area (Å²) in [5.41, 5.74) is 1.13. The fourth-order valence-electron chi connectivity index (χ4n) is 2.27. The van der Waals surface area contributed by atoms with Crippen molar-refractivity contribution < 1.29 is 9.90 Å². The van der Waals surface area contributed by atoms with Gasteiger partial charge in [-0.3, -0.25) is 4.79 Å². The Hall–Kier alpha value is -1.06. The minimum absolute atomic E-state index is 0.181. The van der Waals surface area contributed by atoms with E-state index >= 15 is 0 Å². The Bertz CT molecular complexity index is 405. The van der Waals surface area contributed by atoms with Crippen LogP contribution in [0.3, 0.4) is 0 Å². The smallest absolute Gasteiger partial charge is 0.222 e. The molecule has 18 heavy (non-hydrogen) atoms. The molecule has 4 heteroatoms. The van der Waals surface area contributed by atoms with Crippen molar-refractivity contribution in [3.8, 4) is 0 Å². The van der Waals surface area contributed by atoms with Crippen molar-refractivity contribution >= 4 is 17.5 Å². The summed E-state index contributed by atoms with van der Waals surface area (Å²) in [5.74, 6) is 0.449. The first kappa shape index (κ1) is 13.4. The number of carbonyl (C=O) groups excluding carboxylic acids is 1. The number of halogens is 1. The number of carbonyl (C=O) groups is 1. The molecule has 1 aliphatic rings. The van der Waals surface area contributed by atoms with E-state index < -0.39 is 0 Å². The Labute approximate surface area is 112 Å². The summed E-state index contributed by atoms with van der Waals surface area (Å²) in [5, 5.41) is 9.77. The van der Waals surface area contributed by atoms with Crippen LogP contribution < -0.4 is 0 Å². The van der Waals surface area contributed by atoms with Crippen LogP contribution in [0.15, 0.2) is 24.3 Å². The molecule has 0 aromatic heterocycles. The molecule has 1 aromatic rings. The zero-order valence-electron chi connectivity index (χ0n) is 10.3. The van der Waals surface area contributed by atoms with E-state index in [0.717, 1.165) is 30.0 Å². The Kier molecular flexibility index (Phi) is 4.61. The van der Waals surface area contributed by atoms with E-state index in [1.54, 1.807) is 0 Å². The highest BCUT2D eigenvalue weighted by atomic mass is 35.5. The number of nitrogens with zero attached hydrogens (tertiary/aromatic N) is 1. The second kappa shape index (κ2) is 6.21. The van der Waals surface area contributed by atoms with E-state index in [-0.39, 0.29) is 18.4 Å². The summed E-state index contributed by atoms with van der Waals surface area (Å²) < 4.78 is 0. The van der Waals surface area contributed by atoms with Gasteiger partial charge in [0.2, 0.25) is 5.91 Å². The molecular formula is C14H18ClNO2. The third kappa shape index (κ3) is 3.47. The summed E-state index contributed by atoms with van der Waals surface area (Å²) in [7, 11) is 0. The molecule has 1 heterocycles. The average molecular weight is 268 g/mol. The maximum Gasteiger partial charge on any atom is 0.222 e. The lowest BCUT2D eigenvalue weighted by molar-refractivity contribution is -0.130. The van der Waals surface area contributed by atoms with Crippen molar-refractivity contribution in [3.63, 3.8) is 0 Å². The summed E-state index contributed by atoms with van der Waals surface area (Å²) in [6, 6.07) is 7.60. The van der Waals surface area contributed by atoms with Crippen molar-refractivity contribution in [3.05, 3.63) is 34.9 Å². The minimum Gasteiger partial charge on any atom is -0.396 e. The summed E-state index contributed by atoms with van der Waals surface area (Å²) in [4.78, 5) is 13.8. The van der Waals surface area contributed by atoms with E-state index in [2.05, 4.69) is 0 Å². The highest BCUT2D eigenvalue weighted by Crippen LogP contribution is 2.17. The molecule has 3 nitrogen and oxygen atoms in total. The molecule has 98 valence electrons. The van der Waals surface area contributed by atoms with E-state index in [4.69, 9.17) is 16.7 Å².